The molecule has 0 aliphatic carbocycles. The molecule has 0 aliphatic heterocycles. The molecule has 1 unspecified atom stereocenters. The average molecular weight is 334 g/mol. The van der Waals surface area contributed by atoms with Crippen LogP contribution < -0.4 is 0 Å². The number of benzene rings is 1. The molecule has 0 spiro atoms. The van der Waals surface area contributed by atoms with Crippen LogP contribution in [0, 0.1) is 0 Å². The molecule has 114 valence electrons. The molecule has 0 N–H and O–H groups in total. The zero-order valence-electron chi connectivity index (χ0n) is 12.4. The van der Waals surface area contributed by atoms with Gasteiger partial charge in [-0.2, -0.15) is 4.98 Å². The van der Waals surface area contributed by atoms with Crippen LogP contribution in [0.25, 0.3) is 11.4 Å². The standard InChI is InChI=1S/C16H16ClN3OS/c1-11(14-4-3-9-22-14)20(2)10-15-18-16(19-21-15)12-5-7-13(17)8-6-12/h3-9,11H,10H2,1-2H3. The van der Waals surface area contributed by atoms with E-state index in [-0.39, 0.29) is 0 Å². The van der Waals surface area contributed by atoms with Crippen LogP contribution in [-0.2, 0) is 6.54 Å². The van der Waals surface area contributed by atoms with E-state index >= 15 is 0 Å². The predicted octanol–water partition coefficient (Wildman–Crippen LogP) is 4.64. The maximum Gasteiger partial charge on any atom is 0.241 e. The van der Waals surface area contributed by atoms with Crippen LogP contribution in [0.5, 0.6) is 0 Å². The summed E-state index contributed by atoms with van der Waals surface area (Å²) in [5, 5.41) is 6.82. The van der Waals surface area contributed by atoms with Gasteiger partial charge in [-0.25, -0.2) is 0 Å². The lowest BCUT2D eigenvalue weighted by molar-refractivity contribution is 0.219. The minimum absolute atomic E-state index is 0.311. The van der Waals surface area contributed by atoms with E-state index in [9.17, 15) is 0 Å². The van der Waals surface area contributed by atoms with Crippen LogP contribution in [0.3, 0.4) is 0 Å². The Hall–Kier alpha value is -1.69. The van der Waals surface area contributed by atoms with Crippen molar-refractivity contribution in [1.82, 2.24) is 15.0 Å². The van der Waals surface area contributed by atoms with Gasteiger partial charge in [0.15, 0.2) is 0 Å². The Morgan fingerprint density at radius 2 is 2.05 bits per heavy atom. The van der Waals surface area contributed by atoms with Crippen LogP contribution in [0.4, 0.5) is 0 Å². The number of hydrogen-bond donors (Lipinski definition) is 0. The first-order chi connectivity index (χ1) is 10.6. The Balaban J connectivity index is 1.70. The third-order valence-electron chi connectivity index (χ3n) is 3.57. The number of rotatable bonds is 5. The van der Waals surface area contributed by atoms with Crippen LogP contribution in [-0.4, -0.2) is 22.1 Å². The minimum atomic E-state index is 0.311. The molecule has 22 heavy (non-hydrogen) atoms. The Bertz CT molecular complexity index is 724. The summed E-state index contributed by atoms with van der Waals surface area (Å²) in [5.74, 6) is 1.19. The van der Waals surface area contributed by atoms with Crippen molar-refractivity contribution >= 4 is 22.9 Å². The van der Waals surface area contributed by atoms with Gasteiger partial charge in [0.1, 0.15) is 0 Å². The van der Waals surface area contributed by atoms with Gasteiger partial charge in [0, 0.05) is 21.5 Å². The van der Waals surface area contributed by atoms with E-state index in [2.05, 4.69) is 46.5 Å². The number of nitrogens with zero attached hydrogens (tertiary/aromatic N) is 3. The fourth-order valence-electron chi connectivity index (χ4n) is 2.13. The van der Waals surface area contributed by atoms with Crippen molar-refractivity contribution in [2.75, 3.05) is 7.05 Å². The molecular weight excluding hydrogens is 318 g/mol. The summed E-state index contributed by atoms with van der Waals surface area (Å²) in [5.41, 5.74) is 0.897. The Morgan fingerprint density at radius 1 is 1.27 bits per heavy atom. The predicted molar refractivity (Wildman–Crippen MR) is 88.9 cm³/mol. The molecule has 1 aromatic carbocycles. The fraction of sp³-hybridized carbons (Fsp3) is 0.250. The molecular formula is C16H16ClN3OS. The van der Waals surface area contributed by atoms with Crippen molar-refractivity contribution in [2.45, 2.75) is 19.5 Å². The summed E-state index contributed by atoms with van der Waals surface area (Å²) in [7, 11) is 2.05. The third kappa shape index (κ3) is 3.38. The zero-order chi connectivity index (χ0) is 15.5. The molecule has 2 heterocycles. The van der Waals surface area contributed by atoms with E-state index in [0.29, 0.717) is 29.3 Å². The maximum atomic E-state index is 5.89. The lowest BCUT2D eigenvalue weighted by Gasteiger charge is -2.21. The SMILES string of the molecule is CC(c1cccs1)N(C)Cc1nc(-c2ccc(Cl)cc2)no1. The summed E-state index contributed by atoms with van der Waals surface area (Å²) in [4.78, 5) is 7.96. The van der Waals surface area contributed by atoms with Gasteiger partial charge in [0.25, 0.3) is 0 Å². The van der Waals surface area contributed by atoms with E-state index in [1.54, 1.807) is 11.3 Å². The molecule has 3 rings (SSSR count). The third-order valence-corrected chi connectivity index (χ3v) is 4.87. The van der Waals surface area contributed by atoms with E-state index in [4.69, 9.17) is 16.1 Å². The highest BCUT2D eigenvalue weighted by Gasteiger charge is 2.16. The molecule has 6 heteroatoms. The summed E-state index contributed by atoms with van der Waals surface area (Å²) in [6.45, 7) is 2.78. The monoisotopic (exact) mass is 333 g/mol. The first-order valence-electron chi connectivity index (χ1n) is 6.95. The lowest BCUT2D eigenvalue weighted by atomic mass is 10.2. The molecule has 2 aromatic heterocycles. The smallest absolute Gasteiger partial charge is 0.241 e. The fourth-order valence-corrected chi connectivity index (χ4v) is 3.11. The number of thiophene rings is 1. The highest BCUT2D eigenvalue weighted by Crippen LogP contribution is 2.25. The van der Waals surface area contributed by atoms with Gasteiger partial charge in [-0.15, -0.1) is 11.3 Å². The quantitative estimate of drug-likeness (QED) is 0.682. The maximum absolute atomic E-state index is 5.89. The van der Waals surface area contributed by atoms with E-state index in [0.717, 1.165) is 5.56 Å². The highest BCUT2D eigenvalue weighted by atomic mass is 35.5. The number of hydrogen-bond acceptors (Lipinski definition) is 5. The minimum Gasteiger partial charge on any atom is -0.338 e. The van der Waals surface area contributed by atoms with Gasteiger partial charge in [0.05, 0.1) is 6.54 Å². The molecule has 0 saturated carbocycles. The lowest BCUT2D eigenvalue weighted by Crippen LogP contribution is -2.21. The van der Waals surface area contributed by atoms with Gasteiger partial charge < -0.3 is 4.52 Å². The average Bonchev–Trinajstić information content (AvgIpc) is 3.18. The van der Waals surface area contributed by atoms with E-state index in [1.807, 2.05) is 24.3 Å². The van der Waals surface area contributed by atoms with Gasteiger partial charge in [-0.3, -0.25) is 4.90 Å². The van der Waals surface area contributed by atoms with Crippen molar-refractivity contribution in [1.29, 1.82) is 0 Å². The normalized spacial score (nSPS) is 12.7. The Morgan fingerprint density at radius 3 is 2.73 bits per heavy atom. The topological polar surface area (TPSA) is 42.2 Å². The molecule has 4 nitrogen and oxygen atoms in total. The molecule has 0 fully saturated rings. The summed E-state index contributed by atoms with van der Waals surface area (Å²) < 4.78 is 5.36. The van der Waals surface area contributed by atoms with Crippen molar-refractivity contribution in [3.8, 4) is 11.4 Å². The second-order valence-electron chi connectivity index (χ2n) is 5.13. The van der Waals surface area contributed by atoms with Crippen LogP contribution in [0.2, 0.25) is 5.02 Å². The molecule has 0 saturated heterocycles. The first kappa shape index (κ1) is 15.2. The van der Waals surface area contributed by atoms with Crippen LogP contribution in [0.15, 0.2) is 46.3 Å². The Labute approximate surface area is 138 Å². The number of aromatic nitrogens is 2. The summed E-state index contributed by atoms with van der Waals surface area (Å²) in [6.07, 6.45) is 0. The number of halogens is 1. The zero-order valence-corrected chi connectivity index (χ0v) is 13.9. The van der Waals surface area contributed by atoms with E-state index in [1.165, 1.54) is 4.88 Å². The van der Waals surface area contributed by atoms with E-state index < -0.39 is 0 Å². The van der Waals surface area contributed by atoms with Crippen LogP contribution >= 0.6 is 22.9 Å². The summed E-state index contributed by atoms with van der Waals surface area (Å²) in [6, 6.07) is 11.9. The Kier molecular flexibility index (Phi) is 4.57. The molecule has 3 aromatic rings. The molecule has 1 atom stereocenters. The summed E-state index contributed by atoms with van der Waals surface area (Å²) >= 11 is 7.64. The second-order valence-corrected chi connectivity index (χ2v) is 6.54. The van der Waals surface area contributed by atoms with Gasteiger partial charge in [0.2, 0.25) is 11.7 Å². The molecule has 0 radical (unpaired) electrons. The molecule has 0 bridgehead atoms. The van der Waals surface area contributed by atoms with Gasteiger partial charge in [-0.1, -0.05) is 22.8 Å². The van der Waals surface area contributed by atoms with Crippen molar-refractivity contribution in [3.63, 3.8) is 0 Å². The highest BCUT2D eigenvalue weighted by molar-refractivity contribution is 7.10. The van der Waals surface area contributed by atoms with Gasteiger partial charge >= 0.3 is 0 Å². The largest absolute Gasteiger partial charge is 0.338 e. The van der Waals surface area contributed by atoms with Crippen molar-refractivity contribution in [3.05, 3.63) is 57.6 Å². The second kappa shape index (κ2) is 6.60. The van der Waals surface area contributed by atoms with Crippen molar-refractivity contribution in [2.24, 2.45) is 0 Å². The van der Waals surface area contributed by atoms with Crippen molar-refractivity contribution < 1.29 is 4.52 Å². The van der Waals surface area contributed by atoms with Gasteiger partial charge in [-0.05, 0) is 49.7 Å². The van der Waals surface area contributed by atoms with Crippen LogP contribution in [0.1, 0.15) is 23.7 Å². The first-order valence-corrected chi connectivity index (χ1v) is 8.21. The molecule has 0 amide bonds. The molecule has 0 aliphatic rings.